The first-order valence-electron chi connectivity index (χ1n) is 10.2. The van der Waals surface area contributed by atoms with Gasteiger partial charge in [0, 0.05) is 17.0 Å². The van der Waals surface area contributed by atoms with Gasteiger partial charge in [0.2, 0.25) is 0 Å². The number of benzene rings is 2. The fourth-order valence-electron chi connectivity index (χ4n) is 3.71. The molecular weight excluding hydrogens is 464 g/mol. The van der Waals surface area contributed by atoms with E-state index in [2.05, 4.69) is 4.98 Å². The SMILES string of the molecule is COc1ccc2cc(COC(=O)C(CCSC)N3C(=O)c4ccccc4C3=O)c(Cl)nc2c1. The van der Waals surface area contributed by atoms with Crippen molar-refractivity contribution in [3.8, 4) is 5.75 Å². The quantitative estimate of drug-likeness (QED) is 0.267. The highest BCUT2D eigenvalue weighted by molar-refractivity contribution is 7.98. The second kappa shape index (κ2) is 9.80. The Bertz CT molecular complexity index is 1210. The lowest BCUT2D eigenvalue weighted by atomic mass is 10.1. The zero-order valence-corrected chi connectivity index (χ0v) is 19.6. The molecule has 0 spiro atoms. The number of methoxy groups -OCH3 is 1. The molecule has 2 heterocycles. The Hall–Kier alpha value is -3.10. The van der Waals surface area contributed by atoms with E-state index in [1.54, 1.807) is 49.6 Å². The molecule has 0 N–H and O–H groups in total. The highest BCUT2D eigenvalue weighted by Gasteiger charge is 2.43. The van der Waals surface area contributed by atoms with E-state index in [4.69, 9.17) is 21.1 Å². The third kappa shape index (κ3) is 4.54. The van der Waals surface area contributed by atoms with Crippen molar-refractivity contribution in [2.45, 2.75) is 19.1 Å². The molecule has 1 unspecified atom stereocenters. The Kier molecular flexibility index (Phi) is 6.85. The van der Waals surface area contributed by atoms with E-state index in [0.717, 1.165) is 10.3 Å². The molecule has 170 valence electrons. The minimum atomic E-state index is -1.03. The number of aromatic nitrogens is 1. The molecule has 7 nitrogen and oxygen atoms in total. The summed E-state index contributed by atoms with van der Waals surface area (Å²) in [5, 5.41) is 1.01. The van der Waals surface area contributed by atoms with Gasteiger partial charge in [0.1, 0.15) is 23.6 Å². The van der Waals surface area contributed by atoms with Crippen molar-refractivity contribution in [3.63, 3.8) is 0 Å². The molecule has 1 atom stereocenters. The molecule has 0 saturated carbocycles. The number of imide groups is 1. The molecule has 1 aromatic heterocycles. The van der Waals surface area contributed by atoms with Crippen LogP contribution in [0.25, 0.3) is 10.9 Å². The molecule has 0 radical (unpaired) electrons. The number of amides is 2. The van der Waals surface area contributed by atoms with Crippen LogP contribution in [0.4, 0.5) is 0 Å². The van der Waals surface area contributed by atoms with Gasteiger partial charge in [-0.05, 0) is 48.8 Å². The molecule has 0 saturated heterocycles. The number of halogens is 1. The number of rotatable bonds is 8. The Morgan fingerprint density at radius 3 is 2.45 bits per heavy atom. The van der Waals surface area contributed by atoms with Crippen molar-refractivity contribution in [1.82, 2.24) is 9.88 Å². The fraction of sp³-hybridized carbons (Fsp3) is 0.250. The van der Waals surface area contributed by atoms with Crippen LogP contribution in [0.15, 0.2) is 48.5 Å². The Labute approximate surface area is 200 Å². The zero-order valence-electron chi connectivity index (χ0n) is 18.0. The van der Waals surface area contributed by atoms with Gasteiger partial charge in [0.15, 0.2) is 0 Å². The Morgan fingerprint density at radius 1 is 1.12 bits per heavy atom. The molecule has 4 rings (SSSR count). The first-order chi connectivity index (χ1) is 15.9. The van der Waals surface area contributed by atoms with Crippen LogP contribution in [0.5, 0.6) is 5.75 Å². The number of hydrogen-bond acceptors (Lipinski definition) is 7. The Morgan fingerprint density at radius 2 is 1.82 bits per heavy atom. The van der Waals surface area contributed by atoms with E-state index in [1.807, 2.05) is 12.3 Å². The molecule has 0 bridgehead atoms. The molecule has 1 aliphatic heterocycles. The van der Waals surface area contributed by atoms with Gasteiger partial charge in [-0.15, -0.1) is 0 Å². The van der Waals surface area contributed by atoms with Crippen molar-refractivity contribution in [3.05, 3.63) is 70.4 Å². The molecule has 1 aliphatic rings. The van der Waals surface area contributed by atoms with Crippen molar-refractivity contribution in [2.75, 3.05) is 19.1 Å². The molecule has 2 aromatic carbocycles. The maximum atomic E-state index is 13.1. The first-order valence-corrected chi connectivity index (χ1v) is 12.0. The molecule has 9 heteroatoms. The average molecular weight is 485 g/mol. The van der Waals surface area contributed by atoms with Crippen LogP contribution in [0.1, 0.15) is 32.7 Å². The predicted octanol–water partition coefficient (Wildman–Crippen LogP) is 4.36. The molecule has 3 aromatic rings. The van der Waals surface area contributed by atoms with Crippen molar-refractivity contribution < 1.29 is 23.9 Å². The monoisotopic (exact) mass is 484 g/mol. The molecule has 0 aliphatic carbocycles. The lowest BCUT2D eigenvalue weighted by Crippen LogP contribution is -2.46. The van der Waals surface area contributed by atoms with Crippen LogP contribution >= 0.6 is 23.4 Å². The highest BCUT2D eigenvalue weighted by atomic mass is 35.5. The number of ether oxygens (including phenoxy) is 2. The van der Waals surface area contributed by atoms with Gasteiger partial charge in [0.05, 0.1) is 23.8 Å². The number of carbonyl (C=O) groups is 3. The van der Waals surface area contributed by atoms with Crippen molar-refractivity contribution in [1.29, 1.82) is 0 Å². The third-order valence-electron chi connectivity index (χ3n) is 5.43. The standard InChI is InChI=1S/C24H21ClN2O5S/c1-31-16-8-7-14-11-15(21(25)26-19(14)12-16)13-32-24(30)20(9-10-33-2)27-22(28)17-5-3-4-6-18(17)23(27)29/h3-8,11-12,20H,9-10,13H2,1-2H3. The molecular formula is C24H21ClN2O5S. The molecule has 2 amide bonds. The summed E-state index contributed by atoms with van der Waals surface area (Å²) in [5.74, 6) is -0.406. The van der Waals surface area contributed by atoms with E-state index >= 15 is 0 Å². The van der Waals surface area contributed by atoms with Gasteiger partial charge in [-0.2, -0.15) is 11.8 Å². The minimum Gasteiger partial charge on any atom is -0.497 e. The maximum Gasteiger partial charge on any atom is 0.329 e. The first kappa shape index (κ1) is 23.1. The number of fused-ring (bicyclic) bond motifs is 2. The smallest absolute Gasteiger partial charge is 0.329 e. The lowest BCUT2D eigenvalue weighted by molar-refractivity contribution is -0.149. The van der Waals surface area contributed by atoms with E-state index < -0.39 is 23.8 Å². The van der Waals surface area contributed by atoms with Crippen LogP contribution in [-0.2, 0) is 16.1 Å². The van der Waals surface area contributed by atoms with E-state index in [1.165, 1.54) is 11.8 Å². The number of hydrogen-bond donors (Lipinski definition) is 0. The summed E-state index contributed by atoms with van der Waals surface area (Å²) in [6, 6.07) is 12.7. The minimum absolute atomic E-state index is 0.133. The topological polar surface area (TPSA) is 85.8 Å². The summed E-state index contributed by atoms with van der Waals surface area (Å²) >= 11 is 7.83. The summed E-state index contributed by atoms with van der Waals surface area (Å²) in [6.45, 7) is -0.133. The van der Waals surface area contributed by atoms with E-state index in [0.29, 0.717) is 33.7 Å². The van der Waals surface area contributed by atoms with Crippen LogP contribution < -0.4 is 4.74 Å². The van der Waals surface area contributed by atoms with Crippen LogP contribution in [0.2, 0.25) is 5.15 Å². The number of thioether (sulfide) groups is 1. The van der Waals surface area contributed by atoms with Crippen molar-refractivity contribution in [2.24, 2.45) is 0 Å². The summed E-state index contributed by atoms with van der Waals surface area (Å²) < 4.78 is 10.7. The van der Waals surface area contributed by atoms with Crippen LogP contribution in [0, 0.1) is 0 Å². The number of pyridine rings is 1. The van der Waals surface area contributed by atoms with E-state index in [9.17, 15) is 14.4 Å². The largest absolute Gasteiger partial charge is 0.497 e. The number of carbonyl (C=O) groups excluding carboxylic acids is 3. The average Bonchev–Trinajstić information content (AvgIpc) is 3.08. The highest BCUT2D eigenvalue weighted by Crippen LogP contribution is 2.28. The second-order valence-electron chi connectivity index (χ2n) is 7.43. The van der Waals surface area contributed by atoms with Crippen LogP contribution in [0.3, 0.4) is 0 Å². The number of nitrogens with zero attached hydrogens (tertiary/aromatic N) is 2. The van der Waals surface area contributed by atoms with Crippen LogP contribution in [-0.4, -0.2) is 52.8 Å². The Balaban J connectivity index is 1.54. The summed E-state index contributed by atoms with van der Waals surface area (Å²) in [5.41, 5.74) is 1.76. The van der Waals surface area contributed by atoms with Gasteiger partial charge in [-0.25, -0.2) is 9.78 Å². The third-order valence-corrected chi connectivity index (χ3v) is 6.40. The van der Waals surface area contributed by atoms with Gasteiger partial charge in [-0.1, -0.05) is 23.7 Å². The normalized spacial score (nSPS) is 13.8. The van der Waals surface area contributed by atoms with Gasteiger partial charge >= 0.3 is 5.97 Å². The summed E-state index contributed by atoms with van der Waals surface area (Å²) in [4.78, 5) is 44.2. The van der Waals surface area contributed by atoms with Crippen molar-refractivity contribution >= 4 is 52.0 Å². The fourth-order valence-corrected chi connectivity index (χ4v) is 4.37. The lowest BCUT2D eigenvalue weighted by Gasteiger charge is -2.24. The summed E-state index contributed by atoms with van der Waals surface area (Å²) in [6.07, 6.45) is 2.18. The predicted molar refractivity (Wildman–Crippen MR) is 127 cm³/mol. The van der Waals surface area contributed by atoms with Gasteiger partial charge < -0.3 is 9.47 Å². The van der Waals surface area contributed by atoms with Gasteiger partial charge in [0.25, 0.3) is 11.8 Å². The maximum absolute atomic E-state index is 13.1. The summed E-state index contributed by atoms with van der Waals surface area (Å²) in [7, 11) is 1.57. The molecule has 0 fully saturated rings. The van der Waals surface area contributed by atoms with Gasteiger partial charge in [-0.3, -0.25) is 14.5 Å². The number of esters is 1. The second-order valence-corrected chi connectivity index (χ2v) is 8.77. The zero-order chi connectivity index (χ0) is 23.5. The molecule has 33 heavy (non-hydrogen) atoms. The van der Waals surface area contributed by atoms with E-state index in [-0.39, 0.29) is 18.2 Å².